The van der Waals surface area contributed by atoms with Gasteiger partial charge in [-0.15, -0.1) is 16.4 Å². The van der Waals surface area contributed by atoms with Crippen LogP contribution in [0.25, 0.3) is 11.8 Å². The molecule has 4 aromatic rings. The van der Waals surface area contributed by atoms with Gasteiger partial charge in [0.05, 0.1) is 22.6 Å². The van der Waals surface area contributed by atoms with E-state index in [2.05, 4.69) is 25.8 Å². The van der Waals surface area contributed by atoms with E-state index in [1.54, 1.807) is 29.6 Å². The fourth-order valence-electron chi connectivity index (χ4n) is 3.05. The third-order valence-corrected chi connectivity index (χ3v) is 5.42. The molecule has 0 saturated carbocycles. The number of amides is 2. The van der Waals surface area contributed by atoms with E-state index in [-0.39, 0.29) is 10.8 Å². The van der Waals surface area contributed by atoms with Gasteiger partial charge in [0.15, 0.2) is 5.13 Å². The lowest BCUT2D eigenvalue weighted by molar-refractivity contribution is -0.137. The van der Waals surface area contributed by atoms with E-state index in [0.717, 1.165) is 28.4 Å². The normalized spacial score (nSPS) is 11.5. The molecule has 0 aliphatic carbocycles. The molecule has 2 amide bonds. The van der Waals surface area contributed by atoms with Gasteiger partial charge < -0.3 is 5.32 Å². The molecule has 2 aromatic heterocycles. The first kappa shape index (κ1) is 23.8. The lowest BCUT2D eigenvalue weighted by Crippen LogP contribution is -2.23. The summed E-state index contributed by atoms with van der Waals surface area (Å²) in [6, 6.07) is 11.3. The molecule has 9 nitrogen and oxygen atoms in total. The third kappa shape index (κ3) is 5.76. The zero-order chi connectivity index (χ0) is 25.0. The number of aromatic nitrogens is 5. The van der Waals surface area contributed by atoms with Gasteiger partial charge in [-0.1, -0.05) is 12.1 Å². The second-order valence-electron chi connectivity index (χ2n) is 7.08. The molecule has 0 unspecified atom stereocenters. The number of carbonyl (C=O) groups is 2. The Morgan fingerprint density at radius 1 is 1.14 bits per heavy atom. The molecule has 0 radical (unpaired) electrons. The van der Waals surface area contributed by atoms with Crippen LogP contribution in [0.15, 0.2) is 66.3 Å². The first-order chi connectivity index (χ1) is 16.7. The summed E-state index contributed by atoms with van der Waals surface area (Å²) in [5, 5.41) is 15.4. The topological polar surface area (TPSA) is 106 Å². The van der Waals surface area contributed by atoms with Gasteiger partial charge in [0.1, 0.15) is 6.33 Å². The molecule has 0 aliphatic rings. The molecular formula is C22H16F3N7O2S. The van der Waals surface area contributed by atoms with E-state index < -0.39 is 23.6 Å². The predicted molar refractivity (Wildman–Crippen MR) is 123 cm³/mol. The summed E-state index contributed by atoms with van der Waals surface area (Å²) in [6.07, 6.45) is -0.436. The first-order valence-electron chi connectivity index (χ1n) is 9.97. The van der Waals surface area contributed by atoms with Crippen LogP contribution in [0.5, 0.6) is 0 Å². The van der Waals surface area contributed by atoms with Gasteiger partial charge in [0.25, 0.3) is 0 Å². The standard InChI is InChI=1S/C22H16F3N7O2S/c1-14(33)32(19-7-2-4-15(10-19)22(23,24)25)21-28-17(12-35-21)8-9-20(34)27-16-5-3-6-18(11-16)31-13-26-29-30-31/h2-13H,1H3,(H,27,34)/b9-8+. The summed E-state index contributed by atoms with van der Waals surface area (Å²) in [5.74, 6) is -0.941. The van der Waals surface area contributed by atoms with Crippen molar-refractivity contribution in [3.05, 3.63) is 77.6 Å². The Balaban J connectivity index is 1.48. The zero-order valence-electron chi connectivity index (χ0n) is 18.0. The van der Waals surface area contributed by atoms with Crippen molar-refractivity contribution in [2.45, 2.75) is 13.1 Å². The highest BCUT2D eigenvalue weighted by molar-refractivity contribution is 7.14. The maximum atomic E-state index is 13.1. The van der Waals surface area contributed by atoms with Crippen LogP contribution in [0.1, 0.15) is 18.2 Å². The van der Waals surface area contributed by atoms with Gasteiger partial charge in [0, 0.05) is 24.1 Å². The van der Waals surface area contributed by atoms with E-state index in [4.69, 9.17) is 0 Å². The molecule has 35 heavy (non-hydrogen) atoms. The number of hydrogen-bond donors (Lipinski definition) is 1. The quantitative estimate of drug-likeness (QED) is 0.393. The number of alkyl halides is 3. The van der Waals surface area contributed by atoms with E-state index in [0.29, 0.717) is 17.1 Å². The minimum atomic E-state index is -4.55. The number of nitrogens with zero attached hydrogens (tertiary/aromatic N) is 6. The van der Waals surface area contributed by atoms with Crippen molar-refractivity contribution in [3.8, 4) is 5.69 Å². The van der Waals surface area contributed by atoms with Gasteiger partial charge in [-0.3, -0.25) is 14.5 Å². The van der Waals surface area contributed by atoms with E-state index in [1.807, 2.05) is 0 Å². The van der Waals surface area contributed by atoms with Crippen LogP contribution in [0.4, 0.5) is 29.7 Å². The number of thiazole rings is 1. The summed E-state index contributed by atoms with van der Waals surface area (Å²) in [5.41, 5.74) is 0.690. The molecule has 0 saturated heterocycles. The number of halogens is 3. The average Bonchev–Trinajstić information content (AvgIpc) is 3.50. The van der Waals surface area contributed by atoms with Crippen molar-refractivity contribution in [2.75, 3.05) is 10.2 Å². The second-order valence-corrected chi connectivity index (χ2v) is 7.92. The molecule has 4 rings (SSSR count). The number of anilines is 3. The molecule has 0 atom stereocenters. The Morgan fingerprint density at radius 2 is 1.94 bits per heavy atom. The lowest BCUT2D eigenvalue weighted by atomic mass is 10.2. The fraction of sp³-hybridized carbons (Fsp3) is 0.0909. The maximum absolute atomic E-state index is 13.1. The second kappa shape index (κ2) is 9.85. The molecule has 178 valence electrons. The van der Waals surface area contributed by atoms with Gasteiger partial charge in [-0.05, 0) is 52.9 Å². The summed E-state index contributed by atoms with van der Waals surface area (Å²) < 4.78 is 40.7. The van der Waals surface area contributed by atoms with Crippen LogP contribution >= 0.6 is 11.3 Å². The molecular weight excluding hydrogens is 483 g/mol. The third-order valence-electron chi connectivity index (χ3n) is 4.58. The molecule has 0 bridgehead atoms. The van der Waals surface area contributed by atoms with E-state index >= 15 is 0 Å². The largest absolute Gasteiger partial charge is 0.416 e. The van der Waals surface area contributed by atoms with Crippen molar-refractivity contribution in [3.63, 3.8) is 0 Å². The Labute approximate surface area is 200 Å². The zero-order valence-corrected chi connectivity index (χ0v) is 18.8. The number of hydrogen-bond acceptors (Lipinski definition) is 7. The highest BCUT2D eigenvalue weighted by Crippen LogP contribution is 2.35. The van der Waals surface area contributed by atoms with Crippen LogP contribution < -0.4 is 10.2 Å². The van der Waals surface area contributed by atoms with Crippen LogP contribution in [-0.2, 0) is 15.8 Å². The van der Waals surface area contributed by atoms with Crippen molar-refractivity contribution in [1.29, 1.82) is 0 Å². The number of carbonyl (C=O) groups excluding carboxylic acids is 2. The molecule has 2 aromatic carbocycles. The van der Waals surface area contributed by atoms with Crippen molar-refractivity contribution >= 4 is 45.7 Å². The Hall–Kier alpha value is -4.39. The minimum Gasteiger partial charge on any atom is -0.322 e. The average molecular weight is 499 g/mol. The molecule has 1 N–H and O–H groups in total. The Bertz CT molecular complexity index is 1380. The number of benzene rings is 2. The predicted octanol–water partition coefficient (Wildman–Crippen LogP) is 4.47. The number of rotatable bonds is 6. The summed E-state index contributed by atoms with van der Waals surface area (Å²) in [7, 11) is 0. The lowest BCUT2D eigenvalue weighted by Gasteiger charge is -2.19. The van der Waals surface area contributed by atoms with Crippen molar-refractivity contribution < 1.29 is 22.8 Å². The van der Waals surface area contributed by atoms with Gasteiger partial charge in [-0.25, -0.2) is 9.67 Å². The van der Waals surface area contributed by atoms with Gasteiger partial charge in [-0.2, -0.15) is 13.2 Å². The van der Waals surface area contributed by atoms with Crippen molar-refractivity contribution in [2.24, 2.45) is 0 Å². The number of tetrazole rings is 1. The van der Waals surface area contributed by atoms with Crippen LogP contribution in [-0.4, -0.2) is 37.0 Å². The SMILES string of the molecule is CC(=O)N(c1cccc(C(F)(F)F)c1)c1nc(/C=C/C(=O)Nc2cccc(-n3cnnn3)c2)cs1. The summed E-state index contributed by atoms with van der Waals surface area (Å²) in [6.45, 7) is 1.23. The highest BCUT2D eigenvalue weighted by atomic mass is 32.1. The Morgan fingerprint density at radius 3 is 2.66 bits per heavy atom. The van der Waals surface area contributed by atoms with Crippen LogP contribution in [0.3, 0.4) is 0 Å². The maximum Gasteiger partial charge on any atom is 0.416 e. The monoisotopic (exact) mass is 499 g/mol. The summed E-state index contributed by atoms with van der Waals surface area (Å²) in [4.78, 5) is 29.9. The van der Waals surface area contributed by atoms with E-state index in [1.165, 1.54) is 42.2 Å². The minimum absolute atomic E-state index is 0.0393. The molecule has 0 aliphatic heterocycles. The molecule has 13 heteroatoms. The van der Waals surface area contributed by atoms with E-state index in [9.17, 15) is 22.8 Å². The fourth-order valence-corrected chi connectivity index (χ4v) is 3.91. The molecule has 2 heterocycles. The van der Waals surface area contributed by atoms with Crippen LogP contribution in [0, 0.1) is 0 Å². The molecule has 0 fully saturated rings. The number of nitrogens with one attached hydrogen (secondary N) is 1. The highest BCUT2D eigenvalue weighted by Gasteiger charge is 2.31. The van der Waals surface area contributed by atoms with Gasteiger partial charge >= 0.3 is 6.18 Å². The summed E-state index contributed by atoms with van der Waals surface area (Å²) >= 11 is 1.06. The Kier molecular flexibility index (Phi) is 6.68. The smallest absolute Gasteiger partial charge is 0.322 e. The van der Waals surface area contributed by atoms with Crippen molar-refractivity contribution in [1.82, 2.24) is 25.2 Å². The van der Waals surface area contributed by atoms with Crippen LogP contribution in [0.2, 0.25) is 0 Å². The first-order valence-corrected chi connectivity index (χ1v) is 10.8. The van der Waals surface area contributed by atoms with Gasteiger partial charge in [0.2, 0.25) is 11.8 Å². The molecule has 0 spiro atoms.